The van der Waals surface area contributed by atoms with Crippen LogP contribution in [0.3, 0.4) is 0 Å². The van der Waals surface area contributed by atoms with Gasteiger partial charge in [0.05, 0.1) is 13.2 Å². The molecule has 9 nitrogen and oxygen atoms in total. The lowest BCUT2D eigenvalue weighted by Gasteiger charge is -2.15. The van der Waals surface area contributed by atoms with E-state index in [2.05, 4.69) is 92.1 Å². The molecule has 0 rings (SSSR count). The van der Waals surface area contributed by atoms with E-state index in [4.69, 9.17) is 13.8 Å². The zero-order chi connectivity index (χ0) is 46.7. The second-order valence-electron chi connectivity index (χ2n) is 17.1. The number of phosphoric acid groups is 1. The van der Waals surface area contributed by atoms with Crippen molar-refractivity contribution in [1.29, 1.82) is 0 Å². The van der Waals surface area contributed by atoms with Crippen molar-refractivity contribution in [3.05, 3.63) is 72.9 Å². The first kappa shape index (κ1) is 61.5. The van der Waals surface area contributed by atoms with E-state index in [-0.39, 0.29) is 32.1 Å². The van der Waals surface area contributed by atoms with Crippen molar-refractivity contribution in [2.75, 3.05) is 26.4 Å². The van der Waals surface area contributed by atoms with Gasteiger partial charge in [-0.25, -0.2) is 4.57 Å². The summed E-state index contributed by atoms with van der Waals surface area (Å²) in [4.78, 5) is 34.1. The molecule has 0 spiro atoms. The number of nitrogens with one attached hydrogen (secondary N) is 1. The molecule has 0 saturated heterocycles. The zero-order valence-electron chi connectivity index (χ0n) is 41.0. The Morgan fingerprint density at radius 3 is 1.33 bits per heavy atom. The Morgan fingerprint density at radius 2 is 0.891 bits per heavy atom. The predicted molar refractivity (Wildman–Crippen MR) is 270 cm³/mol. The molecule has 0 aromatic carbocycles. The molecule has 0 bridgehead atoms. The highest BCUT2D eigenvalue weighted by Gasteiger charge is 2.23. The summed E-state index contributed by atoms with van der Waals surface area (Å²) in [5.41, 5.74) is 0. The fourth-order valence-corrected chi connectivity index (χ4v) is 7.79. The van der Waals surface area contributed by atoms with E-state index < -0.39 is 26.5 Å². The molecule has 10 heteroatoms. The van der Waals surface area contributed by atoms with E-state index >= 15 is 0 Å². The summed E-state index contributed by atoms with van der Waals surface area (Å²) in [6, 6.07) is 0. The average molecular weight is 918 g/mol. The Labute approximate surface area is 392 Å². The number of allylic oxidation sites excluding steroid dienone is 12. The van der Waals surface area contributed by atoms with Gasteiger partial charge in [0.2, 0.25) is 5.91 Å². The van der Waals surface area contributed by atoms with Gasteiger partial charge in [0, 0.05) is 19.4 Å². The lowest BCUT2D eigenvalue weighted by atomic mass is 10.0. The highest BCUT2D eigenvalue weighted by atomic mass is 31.2. The van der Waals surface area contributed by atoms with Gasteiger partial charge in [-0.1, -0.05) is 222 Å². The van der Waals surface area contributed by atoms with Gasteiger partial charge in [0.25, 0.3) is 0 Å². The van der Waals surface area contributed by atoms with Crippen LogP contribution in [0, 0.1) is 0 Å². The molecule has 0 fully saturated rings. The molecule has 2 atom stereocenters. The molecule has 0 saturated carbocycles. The highest BCUT2D eigenvalue weighted by molar-refractivity contribution is 7.47. The number of esters is 1. The Bertz CT molecular complexity index is 1280. The van der Waals surface area contributed by atoms with Crippen LogP contribution in [0.25, 0.3) is 0 Å². The molecular weight excluding hydrogens is 822 g/mol. The number of hydrogen-bond donors (Lipinski definition) is 3. The van der Waals surface area contributed by atoms with Crippen LogP contribution >= 0.6 is 7.82 Å². The largest absolute Gasteiger partial charge is 0.472 e. The van der Waals surface area contributed by atoms with Crippen LogP contribution in [-0.4, -0.2) is 54.3 Å². The maximum absolute atomic E-state index is 12.2. The topological polar surface area (TPSA) is 131 Å². The van der Waals surface area contributed by atoms with Gasteiger partial charge in [-0.3, -0.25) is 18.6 Å². The van der Waals surface area contributed by atoms with Crippen molar-refractivity contribution in [1.82, 2.24) is 5.32 Å². The smallest absolute Gasteiger partial charge is 0.463 e. The highest BCUT2D eigenvalue weighted by Crippen LogP contribution is 2.42. The number of aliphatic hydroxyl groups is 1. The minimum absolute atomic E-state index is 0.0757. The first-order valence-corrected chi connectivity index (χ1v) is 27.4. The van der Waals surface area contributed by atoms with Gasteiger partial charge in [-0.15, -0.1) is 0 Å². The number of unbranched alkanes of at least 4 members (excludes halogenated alkanes) is 23. The van der Waals surface area contributed by atoms with Gasteiger partial charge in [-0.05, 0) is 64.2 Å². The monoisotopic (exact) mass is 918 g/mol. The lowest BCUT2D eigenvalue weighted by Crippen LogP contribution is -2.27. The van der Waals surface area contributed by atoms with Crippen LogP contribution in [0.5, 0.6) is 0 Å². The van der Waals surface area contributed by atoms with Crippen LogP contribution in [0.1, 0.15) is 226 Å². The third-order valence-corrected chi connectivity index (χ3v) is 11.9. The third-order valence-electron chi connectivity index (χ3n) is 10.9. The summed E-state index contributed by atoms with van der Waals surface area (Å²) in [7, 11) is -4.44. The normalized spacial score (nSPS) is 13.8. The summed E-state index contributed by atoms with van der Waals surface area (Å²) in [6.45, 7) is 3.42. The average Bonchev–Trinajstić information content (AvgIpc) is 3.28. The quantitative estimate of drug-likeness (QED) is 0.0238. The van der Waals surface area contributed by atoms with Crippen molar-refractivity contribution in [3.8, 4) is 0 Å². The van der Waals surface area contributed by atoms with Gasteiger partial charge in [0.1, 0.15) is 12.7 Å². The number of hydrogen-bond acceptors (Lipinski definition) is 7. The molecule has 0 radical (unpaired) electrons. The Morgan fingerprint density at radius 1 is 0.500 bits per heavy atom. The molecule has 64 heavy (non-hydrogen) atoms. The maximum Gasteiger partial charge on any atom is 0.472 e. The van der Waals surface area contributed by atoms with E-state index in [1.807, 2.05) is 0 Å². The summed E-state index contributed by atoms with van der Waals surface area (Å²) < 4.78 is 27.0. The minimum atomic E-state index is -4.44. The zero-order valence-corrected chi connectivity index (χ0v) is 41.9. The summed E-state index contributed by atoms with van der Waals surface area (Å²) in [5.74, 6) is -0.557. The number of rotatable bonds is 48. The van der Waals surface area contributed by atoms with Crippen LogP contribution in [0.4, 0.5) is 0 Å². The SMILES string of the molecule is CC/C=C\C/C=C\C/C=C\C/C=C\C/C=C\C/C=C\CCCCC(=O)OCC(O)COP(=O)(O)OCCNC(=O)CCCCCCCCCCCCCCCCCCCCCCCC. The molecule has 0 heterocycles. The van der Waals surface area contributed by atoms with Crippen molar-refractivity contribution in [3.63, 3.8) is 0 Å². The number of aliphatic hydroxyl groups excluding tert-OH is 1. The molecule has 3 N–H and O–H groups in total. The van der Waals surface area contributed by atoms with Gasteiger partial charge < -0.3 is 20.1 Å². The van der Waals surface area contributed by atoms with E-state index in [0.717, 1.165) is 70.6 Å². The molecule has 0 aliphatic rings. The number of carbonyl (C=O) groups is 2. The number of phosphoric ester groups is 1. The van der Waals surface area contributed by atoms with Crippen molar-refractivity contribution < 1.29 is 37.9 Å². The second kappa shape index (κ2) is 49.9. The van der Waals surface area contributed by atoms with E-state index in [1.54, 1.807) is 0 Å². The van der Waals surface area contributed by atoms with E-state index in [0.29, 0.717) is 12.8 Å². The minimum Gasteiger partial charge on any atom is -0.463 e. The number of carbonyl (C=O) groups excluding carboxylic acids is 2. The molecule has 370 valence electrons. The van der Waals surface area contributed by atoms with Crippen LogP contribution < -0.4 is 5.32 Å². The van der Waals surface area contributed by atoms with Crippen LogP contribution in [0.2, 0.25) is 0 Å². The molecule has 2 unspecified atom stereocenters. The van der Waals surface area contributed by atoms with Crippen LogP contribution in [0.15, 0.2) is 72.9 Å². The van der Waals surface area contributed by atoms with E-state index in [1.165, 1.54) is 122 Å². The Hall–Kier alpha value is -2.55. The fourth-order valence-electron chi connectivity index (χ4n) is 7.03. The number of ether oxygens (including phenoxy) is 1. The van der Waals surface area contributed by atoms with Crippen molar-refractivity contribution >= 4 is 19.7 Å². The van der Waals surface area contributed by atoms with Gasteiger partial charge in [-0.2, -0.15) is 0 Å². The molecule has 0 aromatic rings. The first-order valence-electron chi connectivity index (χ1n) is 25.9. The maximum atomic E-state index is 12.2. The van der Waals surface area contributed by atoms with Gasteiger partial charge >= 0.3 is 13.8 Å². The predicted octanol–water partition coefficient (Wildman–Crippen LogP) is 15.4. The number of amides is 1. The second-order valence-corrected chi connectivity index (χ2v) is 18.6. The first-order chi connectivity index (χ1) is 31.3. The Kier molecular flexibility index (Phi) is 47.9. The third kappa shape index (κ3) is 50.4. The van der Waals surface area contributed by atoms with Crippen molar-refractivity contribution in [2.24, 2.45) is 0 Å². The molecule has 0 aliphatic heterocycles. The Balaban J connectivity index is 3.61. The molecule has 0 aromatic heterocycles. The lowest BCUT2D eigenvalue weighted by molar-refractivity contribution is -0.147. The van der Waals surface area contributed by atoms with Crippen molar-refractivity contribution in [2.45, 2.75) is 232 Å². The standard InChI is InChI=1S/C54H96NO8P/c1-3-5-7-9-11-13-15-17-19-21-23-25-27-28-30-32-34-36-38-40-42-44-46-53(57)55-48-49-62-64(59,60)63-51-52(56)50-61-54(58)47-45-43-41-39-37-35-33-31-29-26-24-22-20-18-16-14-12-10-8-6-4-2/h6,8,12,14,18,20,24,26,31,33,37,39,52,56H,3-5,7,9-11,13,15-17,19,21-23,25,27-30,32,34-36,38,40-51H2,1-2H3,(H,55,57)(H,59,60)/b8-6-,14-12-,20-18-,26-24-,33-31-,39-37-. The summed E-state index contributed by atoms with van der Waals surface area (Å²) >= 11 is 0. The van der Waals surface area contributed by atoms with Gasteiger partial charge in [0.15, 0.2) is 0 Å². The fraction of sp³-hybridized carbons (Fsp3) is 0.741. The molecular formula is C54H96NO8P. The summed E-state index contributed by atoms with van der Waals surface area (Å²) in [6.07, 6.45) is 62.8. The van der Waals surface area contributed by atoms with Crippen LogP contribution in [-0.2, 0) is 27.9 Å². The van der Waals surface area contributed by atoms with E-state index in [9.17, 15) is 24.2 Å². The molecule has 1 amide bonds. The summed E-state index contributed by atoms with van der Waals surface area (Å²) in [5, 5.41) is 12.7. The molecule has 0 aliphatic carbocycles.